The minimum absolute atomic E-state index is 0.0147. The maximum Gasteiger partial charge on any atom is 0.326 e. The fourth-order valence-electron chi connectivity index (χ4n) is 3.96. The number of Topliss-reactive ketones (excluding diaryl/α,β-unsaturated/α-hetero) is 1. The van der Waals surface area contributed by atoms with E-state index in [4.69, 9.17) is 4.74 Å². The van der Waals surface area contributed by atoms with Gasteiger partial charge in [-0.3, -0.25) is 9.59 Å². The van der Waals surface area contributed by atoms with Crippen LogP contribution in [0.3, 0.4) is 0 Å². The second-order valence-electron chi connectivity index (χ2n) is 8.87. The molecule has 8 heteroatoms. The molecule has 1 N–H and O–H groups in total. The third kappa shape index (κ3) is 5.12. The Labute approximate surface area is 199 Å². The van der Waals surface area contributed by atoms with Gasteiger partial charge in [-0.05, 0) is 29.7 Å². The number of ketones is 1. The highest BCUT2D eigenvalue weighted by molar-refractivity contribution is 7.92. The fraction of sp³-hybridized carbons (Fsp3) is 0.231. The molecule has 0 unspecified atom stereocenters. The van der Waals surface area contributed by atoms with Gasteiger partial charge < -0.3 is 4.74 Å². The Morgan fingerprint density at radius 2 is 1.62 bits per heavy atom. The van der Waals surface area contributed by atoms with E-state index in [9.17, 15) is 18.0 Å². The smallest absolute Gasteiger partial charge is 0.326 e. The minimum Gasteiger partial charge on any atom is -0.487 e. The second-order valence-corrected chi connectivity index (χ2v) is 10.5. The summed E-state index contributed by atoms with van der Waals surface area (Å²) in [5, 5.41) is 0. The van der Waals surface area contributed by atoms with Crippen molar-refractivity contribution in [3.8, 4) is 5.75 Å². The third-order valence-corrected chi connectivity index (χ3v) is 7.04. The van der Waals surface area contributed by atoms with Crippen molar-refractivity contribution >= 4 is 27.6 Å². The van der Waals surface area contributed by atoms with Crippen LogP contribution in [0.4, 0.5) is 5.69 Å². The number of benzene rings is 3. The number of amides is 1. The number of rotatable bonds is 8. The predicted molar refractivity (Wildman–Crippen MR) is 130 cm³/mol. The van der Waals surface area contributed by atoms with E-state index in [0.717, 1.165) is 15.4 Å². The molecule has 4 rings (SSSR count). The van der Waals surface area contributed by atoms with E-state index >= 15 is 0 Å². The average molecular weight is 479 g/mol. The maximum absolute atomic E-state index is 13.1. The molecule has 0 atom stereocenters. The van der Waals surface area contributed by atoms with Gasteiger partial charge in [0.1, 0.15) is 18.9 Å². The van der Waals surface area contributed by atoms with E-state index in [1.54, 1.807) is 30.3 Å². The summed E-state index contributed by atoms with van der Waals surface area (Å²) in [6.07, 6.45) is 0.423. The third-order valence-electron chi connectivity index (χ3n) is 5.65. The number of hydrogen-bond donors (Lipinski definition) is 1. The van der Waals surface area contributed by atoms with Crippen LogP contribution in [0.1, 0.15) is 35.3 Å². The summed E-state index contributed by atoms with van der Waals surface area (Å²) in [4.78, 5) is 24.9. The van der Waals surface area contributed by atoms with Gasteiger partial charge >= 0.3 is 10.2 Å². The zero-order valence-electron chi connectivity index (χ0n) is 19.0. The van der Waals surface area contributed by atoms with E-state index in [1.165, 1.54) is 0 Å². The first-order valence-electron chi connectivity index (χ1n) is 10.9. The number of nitrogens with one attached hydrogen (secondary N) is 1. The summed E-state index contributed by atoms with van der Waals surface area (Å²) in [7, 11) is -3.99. The van der Waals surface area contributed by atoms with Gasteiger partial charge in [-0.15, -0.1) is 0 Å². The zero-order chi connectivity index (χ0) is 24.3. The quantitative estimate of drug-likeness (QED) is 0.496. The van der Waals surface area contributed by atoms with Crippen LogP contribution in [0, 0.1) is 5.41 Å². The number of ether oxygens (including phenoxy) is 1. The molecule has 1 saturated heterocycles. The lowest BCUT2D eigenvalue weighted by molar-refractivity contribution is -0.117. The van der Waals surface area contributed by atoms with Crippen LogP contribution in [0.5, 0.6) is 5.75 Å². The number of hydrogen-bond acceptors (Lipinski definition) is 5. The molecule has 7 nitrogen and oxygen atoms in total. The molecule has 1 aliphatic rings. The monoisotopic (exact) mass is 478 g/mol. The molecule has 1 aliphatic heterocycles. The highest BCUT2D eigenvalue weighted by Gasteiger charge is 2.36. The molecule has 1 amide bonds. The Bertz CT molecular complexity index is 1310. The first-order valence-corrected chi connectivity index (χ1v) is 12.3. The normalized spacial score (nSPS) is 15.1. The van der Waals surface area contributed by atoms with Crippen LogP contribution >= 0.6 is 0 Å². The van der Waals surface area contributed by atoms with Crippen LogP contribution < -0.4 is 13.8 Å². The lowest BCUT2D eigenvalue weighted by atomic mass is 9.79. The molecule has 0 bridgehead atoms. The van der Waals surface area contributed by atoms with Crippen molar-refractivity contribution in [2.45, 2.75) is 26.9 Å². The minimum atomic E-state index is -3.99. The molecule has 0 aromatic heterocycles. The molecule has 0 radical (unpaired) electrons. The highest BCUT2D eigenvalue weighted by atomic mass is 32.2. The van der Waals surface area contributed by atoms with Gasteiger partial charge in [-0.25, -0.2) is 9.03 Å². The van der Waals surface area contributed by atoms with Crippen LogP contribution in [-0.4, -0.2) is 26.7 Å². The summed E-state index contributed by atoms with van der Waals surface area (Å²) < 4.78 is 33.9. The molecule has 1 heterocycles. The second kappa shape index (κ2) is 9.30. The average Bonchev–Trinajstić information content (AvgIpc) is 3.09. The molecule has 1 fully saturated rings. The molecule has 0 aliphatic carbocycles. The first kappa shape index (κ1) is 23.5. The standard InChI is InChI=1S/C26H26N2O5S/c1-26(2,25(30)21-11-7-4-8-12-21)16-20-13-14-22(28-17-24(29)27-34(28,31)32)23(15-20)33-18-19-9-5-3-6-10-19/h3-15H,16-18H2,1-2H3,(H,27,29). The van der Waals surface area contributed by atoms with Gasteiger partial charge in [0.2, 0.25) is 0 Å². The molecule has 0 saturated carbocycles. The number of carbonyl (C=O) groups excluding carboxylic acids is 2. The van der Waals surface area contributed by atoms with Gasteiger partial charge in [0.15, 0.2) is 5.78 Å². The molecular weight excluding hydrogens is 452 g/mol. The van der Waals surface area contributed by atoms with Gasteiger partial charge in [0, 0.05) is 11.0 Å². The summed E-state index contributed by atoms with van der Waals surface area (Å²) in [6, 6.07) is 23.7. The van der Waals surface area contributed by atoms with E-state index in [-0.39, 0.29) is 24.6 Å². The van der Waals surface area contributed by atoms with Crippen molar-refractivity contribution in [2.24, 2.45) is 5.41 Å². The summed E-state index contributed by atoms with van der Waals surface area (Å²) in [6.45, 7) is 3.67. The lowest BCUT2D eigenvalue weighted by Crippen LogP contribution is -2.30. The van der Waals surface area contributed by atoms with Crippen molar-refractivity contribution in [1.29, 1.82) is 0 Å². The number of nitrogens with zero attached hydrogens (tertiary/aromatic N) is 1. The van der Waals surface area contributed by atoms with Crippen molar-refractivity contribution in [3.05, 3.63) is 95.6 Å². The summed E-state index contributed by atoms with van der Waals surface area (Å²) in [5.41, 5.74) is 1.94. The Morgan fingerprint density at radius 1 is 0.971 bits per heavy atom. The molecule has 3 aromatic rings. The Kier molecular flexibility index (Phi) is 6.43. The van der Waals surface area contributed by atoms with Gasteiger partial charge in [-0.1, -0.05) is 80.6 Å². The fourth-order valence-corrected chi connectivity index (χ4v) is 5.12. The maximum atomic E-state index is 13.1. The van der Waals surface area contributed by atoms with E-state index in [0.29, 0.717) is 17.7 Å². The largest absolute Gasteiger partial charge is 0.487 e. The van der Waals surface area contributed by atoms with Crippen LogP contribution in [0.2, 0.25) is 0 Å². The van der Waals surface area contributed by atoms with Crippen LogP contribution in [-0.2, 0) is 28.0 Å². The van der Waals surface area contributed by atoms with Crippen LogP contribution in [0.15, 0.2) is 78.9 Å². The SMILES string of the molecule is CC(C)(Cc1ccc(N2CC(=O)NS2(=O)=O)c(OCc2ccccc2)c1)C(=O)c1ccccc1. The molecule has 0 spiro atoms. The van der Waals surface area contributed by atoms with Gasteiger partial charge in [0.05, 0.1) is 5.69 Å². The van der Waals surface area contributed by atoms with Crippen molar-refractivity contribution in [3.63, 3.8) is 0 Å². The Hall–Kier alpha value is -3.65. The molecule has 176 valence electrons. The first-order chi connectivity index (χ1) is 16.2. The van der Waals surface area contributed by atoms with Crippen LogP contribution in [0.25, 0.3) is 0 Å². The van der Waals surface area contributed by atoms with E-state index in [1.807, 2.05) is 67.1 Å². The topological polar surface area (TPSA) is 92.8 Å². The van der Waals surface area contributed by atoms with E-state index in [2.05, 4.69) is 0 Å². The Morgan fingerprint density at radius 3 is 2.24 bits per heavy atom. The number of anilines is 1. The van der Waals surface area contributed by atoms with Crippen molar-refractivity contribution in [1.82, 2.24) is 4.72 Å². The van der Waals surface area contributed by atoms with E-state index < -0.39 is 21.5 Å². The van der Waals surface area contributed by atoms with Gasteiger partial charge in [-0.2, -0.15) is 8.42 Å². The molecule has 3 aromatic carbocycles. The molecular formula is C26H26N2O5S. The predicted octanol–water partition coefficient (Wildman–Crippen LogP) is 3.90. The summed E-state index contributed by atoms with van der Waals surface area (Å²) in [5.74, 6) is -0.266. The highest BCUT2D eigenvalue weighted by Crippen LogP contribution is 2.35. The zero-order valence-corrected chi connectivity index (χ0v) is 19.8. The lowest BCUT2D eigenvalue weighted by Gasteiger charge is -2.25. The molecule has 34 heavy (non-hydrogen) atoms. The Balaban J connectivity index is 1.65. The van der Waals surface area contributed by atoms with Gasteiger partial charge in [0.25, 0.3) is 5.91 Å². The van der Waals surface area contributed by atoms with Crippen molar-refractivity contribution in [2.75, 3.05) is 10.8 Å². The van der Waals surface area contributed by atoms with Crippen molar-refractivity contribution < 1.29 is 22.7 Å². The number of carbonyl (C=O) groups is 2. The summed E-state index contributed by atoms with van der Waals surface area (Å²) >= 11 is 0.